The van der Waals surface area contributed by atoms with Crippen LogP contribution in [0.15, 0.2) is 0 Å². The van der Waals surface area contributed by atoms with Crippen LogP contribution in [0.5, 0.6) is 0 Å². The van der Waals surface area contributed by atoms with Crippen LogP contribution in [0, 0.1) is 0 Å². The standard InChI is InChI=1S/C28H60NO3P/c1-4-7-10-12-14-16-18-20-22-24-26-29(33(30,31)32-28-9-6-3)27-25-23-21-19-17-15-13-11-8-5-2/h4-28H2,1-3H3,(H,30,31). The Morgan fingerprint density at radius 1 is 0.515 bits per heavy atom. The van der Waals surface area contributed by atoms with E-state index in [1.807, 2.05) is 0 Å². The van der Waals surface area contributed by atoms with Crippen molar-refractivity contribution in [2.24, 2.45) is 0 Å². The Labute approximate surface area is 208 Å². The molecule has 4 nitrogen and oxygen atoms in total. The normalized spacial score (nSPS) is 13.6. The number of hydrogen-bond donors (Lipinski definition) is 1. The first-order valence-electron chi connectivity index (χ1n) is 14.8. The summed E-state index contributed by atoms with van der Waals surface area (Å²) in [5.41, 5.74) is 0. The first-order chi connectivity index (χ1) is 16.1. The molecule has 1 atom stereocenters. The van der Waals surface area contributed by atoms with E-state index in [-0.39, 0.29) is 0 Å². The van der Waals surface area contributed by atoms with Gasteiger partial charge in [-0.05, 0) is 19.3 Å². The first-order valence-corrected chi connectivity index (χ1v) is 16.3. The molecule has 0 saturated carbocycles. The van der Waals surface area contributed by atoms with Gasteiger partial charge in [-0.2, -0.15) is 0 Å². The molecular weight excluding hydrogens is 429 g/mol. The largest absolute Gasteiger partial charge is 0.405 e. The molecule has 0 aromatic rings. The van der Waals surface area contributed by atoms with Gasteiger partial charge in [0.2, 0.25) is 0 Å². The Morgan fingerprint density at radius 2 is 0.818 bits per heavy atom. The lowest BCUT2D eigenvalue weighted by atomic mass is 10.1. The SMILES string of the molecule is CCCCCCCCCCCCN(CCCCCCCCCCCC)P(=O)(O)OCCCC. The summed E-state index contributed by atoms with van der Waals surface area (Å²) in [5, 5.41) is 0. The molecule has 0 fully saturated rings. The van der Waals surface area contributed by atoms with Crippen LogP contribution in [0.2, 0.25) is 0 Å². The Balaban J connectivity index is 4.06. The molecule has 33 heavy (non-hydrogen) atoms. The van der Waals surface area contributed by atoms with E-state index in [9.17, 15) is 9.46 Å². The molecule has 0 amide bonds. The minimum atomic E-state index is -3.65. The Hall–Kier alpha value is 0.110. The third kappa shape index (κ3) is 22.3. The van der Waals surface area contributed by atoms with Crippen LogP contribution >= 0.6 is 7.75 Å². The monoisotopic (exact) mass is 489 g/mol. The first kappa shape index (κ1) is 33.1. The van der Waals surface area contributed by atoms with Gasteiger partial charge >= 0.3 is 7.75 Å². The molecule has 0 aromatic carbocycles. The summed E-state index contributed by atoms with van der Waals surface area (Å²) >= 11 is 0. The molecule has 0 aliphatic carbocycles. The van der Waals surface area contributed by atoms with E-state index >= 15 is 0 Å². The molecule has 5 heteroatoms. The highest BCUT2D eigenvalue weighted by Crippen LogP contribution is 2.46. The van der Waals surface area contributed by atoms with E-state index in [4.69, 9.17) is 4.52 Å². The van der Waals surface area contributed by atoms with Crippen LogP contribution in [0.4, 0.5) is 0 Å². The van der Waals surface area contributed by atoms with Crippen molar-refractivity contribution < 1.29 is 14.0 Å². The molecule has 200 valence electrons. The van der Waals surface area contributed by atoms with Gasteiger partial charge in [0, 0.05) is 13.1 Å². The van der Waals surface area contributed by atoms with Crippen molar-refractivity contribution in [3.8, 4) is 0 Å². The Bertz CT molecular complexity index is 409. The molecule has 1 N–H and O–H groups in total. The number of rotatable bonds is 27. The molecule has 0 rings (SSSR count). The molecule has 0 saturated heterocycles. The maximum Gasteiger partial charge on any atom is 0.405 e. The second-order valence-corrected chi connectivity index (χ2v) is 11.8. The van der Waals surface area contributed by atoms with E-state index in [0.717, 1.165) is 38.5 Å². The van der Waals surface area contributed by atoms with Crippen molar-refractivity contribution >= 4 is 7.75 Å². The van der Waals surface area contributed by atoms with E-state index in [0.29, 0.717) is 19.7 Å². The van der Waals surface area contributed by atoms with Crippen molar-refractivity contribution in [1.82, 2.24) is 4.67 Å². The number of nitrogens with zero attached hydrogens (tertiary/aromatic N) is 1. The molecule has 0 heterocycles. The third-order valence-electron chi connectivity index (χ3n) is 6.65. The Morgan fingerprint density at radius 3 is 1.15 bits per heavy atom. The zero-order valence-electron chi connectivity index (χ0n) is 22.8. The van der Waals surface area contributed by atoms with Gasteiger partial charge in [0.25, 0.3) is 0 Å². The number of hydrogen-bond acceptors (Lipinski definition) is 2. The van der Waals surface area contributed by atoms with Crippen molar-refractivity contribution in [2.45, 2.75) is 162 Å². The van der Waals surface area contributed by atoms with Gasteiger partial charge in [-0.1, -0.05) is 143 Å². The van der Waals surface area contributed by atoms with Gasteiger partial charge in [-0.3, -0.25) is 4.52 Å². The highest BCUT2D eigenvalue weighted by Gasteiger charge is 2.28. The lowest BCUT2D eigenvalue weighted by Gasteiger charge is -2.26. The lowest BCUT2D eigenvalue weighted by molar-refractivity contribution is 0.195. The predicted octanol–water partition coefficient (Wildman–Crippen LogP) is 10.0. The Kier molecular flexibility index (Phi) is 25.3. The van der Waals surface area contributed by atoms with Gasteiger partial charge < -0.3 is 4.89 Å². The van der Waals surface area contributed by atoms with Crippen LogP contribution in [0.1, 0.15) is 162 Å². The topological polar surface area (TPSA) is 49.8 Å². The van der Waals surface area contributed by atoms with Crippen LogP contribution < -0.4 is 0 Å². The predicted molar refractivity (Wildman–Crippen MR) is 146 cm³/mol. The van der Waals surface area contributed by atoms with E-state index in [1.54, 1.807) is 4.67 Å². The molecule has 0 bridgehead atoms. The van der Waals surface area contributed by atoms with Gasteiger partial charge in [-0.25, -0.2) is 9.24 Å². The zero-order chi connectivity index (χ0) is 24.5. The average molecular weight is 490 g/mol. The highest BCUT2D eigenvalue weighted by molar-refractivity contribution is 7.50. The second-order valence-electron chi connectivity index (χ2n) is 9.99. The zero-order valence-corrected chi connectivity index (χ0v) is 23.7. The molecular formula is C28H60NO3P. The maximum atomic E-state index is 12.8. The fourth-order valence-corrected chi connectivity index (χ4v) is 5.66. The van der Waals surface area contributed by atoms with Gasteiger partial charge in [0.1, 0.15) is 0 Å². The third-order valence-corrected chi connectivity index (χ3v) is 8.29. The summed E-state index contributed by atoms with van der Waals surface area (Å²) in [6, 6.07) is 0. The van der Waals surface area contributed by atoms with Crippen LogP contribution in [-0.2, 0) is 9.09 Å². The van der Waals surface area contributed by atoms with Crippen molar-refractivity contribution in [2.75, 3.05) is 19.7 Å². The maximum absolute atomic E-state index is 12.8. The van der Waals surface area contributed by atoms with Gasteiger partial charge in [0.05, 0.1) is 6.61 Å². The number of unbranched alkanes of at least 4 members (excludes halogenated alkanes) is 19. The molecule has 1 unspecified atom stereocenters. The van der Waals surface area contributed by atoms with Crippen LogP contribution in [0.3, 0.4) is 0 Å². The smallest absolute Gasteiger partial charge is 0.312 e. The molecule has 0 aliphatic heterocycles. The van der Waals surface area contributed by atoms with E-state index in [2.05, 4.69) is 20.8 Å². The molecule has 0 aliphatic rings. The second kappa shape index (κ2) is 25.2. The summed E-state index contributed by atoms with van der Waals surface area (Å²) in [4.78, 5) is 10.5. The molecule has 0 radical (unpaired) electrons. The van der Waals surface area contributed by atoms with E-state index < -0.39 is 7.75 Å². The fourth-order valence-electron chi connectivity index (χ4n) is 4.34. The highest BCUT2D eigenvalue weighted by atomic mass is 31.2. The summed E-state index contributed by atoms with van der Waals surface area (Å²) in [5.74, 6) is 0. The quantitative estimate of drug-likeness (QED) is 0.0921. The summed E-state index contributed by atoms with van der Waals surface area (Å²) in [6.07, 6.45) is 27.5. The van der Waals surface area contributed by atoms with Gasteiger partial charge in [-0.15, -0.1) is 0 Å². The molecule has 0 aromatic heterocycles. The molecule has 0 spiro atoms. The van der Waals surface area contributed by atoms with Crippen molar-refractivity contribution in [3.63, 3.8) is 0 Å². The minimum absolute atomic E-state index is 0.386. The fraction of sp³-hybridized carbons (Fsp3) is 1.00. The van der Waals surface area contributed by atoms with Gasteiger partial charge in [0.15, 0.2) is 0 Å². The minimum Gasteiger partial charge on any atom is -0.312 e. The summed E-state index contributed by atoms with van der Waals surface area (Å²) in [7, 11) is -3.65. The summed E-state index contributed by atoms with van der Waals surface area (Å²) in [6.45, 7) is 8.37. The summed E-state index contributed by atoms with van der Waals surface area (Å²) < 4.78 is 20.0. The van der Waals surface area contributed by atoms with Crippen molar-refractivity contribution in [1.29, 1.82) is 0 Å². The average Bonchev–Trinajstić information content (AvgIpc) is 2.80. The lowest BCUT2D eigenvalue weighted by Crippen LogP contribution is -2.24. The van der Waals surface area contributed by atoms with E-state index in [1.165, 1.54) is 103 Å². The van der Waals surface area contributed by atoms with Crippen LogP contribution in [0.25, 0.3) is 0 Å². The van der Waals surface area contributed by atoms with Crippen LogP contribution in [-0.4, -0.2) is 29.3 Å². The van der Waals surface area contributed by atoms with Crippen molar-refractivity contribution in [3.05, 3.63) is 0 Å².